The maximum Gasteiger partial charge on any atom is 0.259 e. The summed E-state index contributed by atoms with van der Waals surface area (Å²) in [5.74, 6) is -0.398. The van der Waals surface area contributed by atoms with E-state index in [4.69, 9.17) is 11.6 Å². The fourth-order valence-corrected chi connectivity index (χ4v) is 3.44. The van der Waals surface area contributed by atoms with Crippen LogP contribution in [0.4, 0.5) is 5.69 Å². The minimum atomic E-state index is -1.17. The van der Waals surface area contributed by atoms with Gasteiger partial charge in [0.1, 0.15) is 5.76 Å². The van der Waals surface area contributed by atoms with E-state index in [1.54, 1.807) is 29.7 Å². The number of halogens is 1. The molecule has 1 aromatic carbocycles. The van der Waals surface area contributed by atoms with E-state index in [-0.39, 0.29) is 11.3 Å². The molecule has 0 saturated heterocycles. The molecule has 108 valence electrons. The van der Waals surface area contributed by atoms with Gasteiger partial charge in [-0.25, -0.2) is 4.21 Å². The first-order chi connectivity index (χ1) is 10.0. The second kappa shape index (κ2) is 5.50. The van der Waals surface area contributed by atoms with Crippen molar-refractivity contribution in [1.29, 1.82) is 0 Å². The molecule has 1 aliphatic heterocycles. The van der Waals surface area contributed by atoms with E-state index in [1.165, 1.54) is 6.08 Å². The third-order valence-electron chi connectivity index (χ3n) is 3.32. The number of carbonyl (C=O) groups is 1. The zero-order chi connectivity index (χ0) is 15.0. The lowest BCUT2D eigenvalue weighted by Gasteiger charge is -2.13. The minimum Gasteiger partial charge on any atom is -0.511 e. The largest absolute Gasteiger partial charge is 0.511 e. The Balaban J connectivity index is 1.83. The lowest BCUT2D eigenvalue weighted by molar-refractivity contribution is -0.112. The average Bonchev–Trinajstić information content (AvgIpc) is 2.83. The van der Waals surface area contributed by atoms with Gasteiger partial charge in [-0.3, -0.25) is 4.79 Å². The Morgan fingerprint density at radius 1 is 1.33 bits per heavy atom. The first kappa shape index (κ1) is 14.1. The van der Waals surface area contributed by atoms with Crippen LogP contribution in [0.15, 0.2) is 50.9 Å². The number of aliphatic hydroxyl groups excluding tert-OH is 1. The van der Waals surface area contributed by atoms with E-state index in [0.29, 0.717) is 28.5 Å². The molecule has 6 heteroatoms. The van der Waals surface area contributed by atoms with Crippen molar-refractivity contribution in [2.45, 2.75) is 17.7 Å². The fourth-order valence-electron chi connectivity index (χ4n) is 2.21. The van der Waals surface area contributed by atoms with Crippen LogP contribution in [0.1, 0.15) is 18.4 Å². The van der Waals surface area contributed by atoms with Crippen molar-refractivity contribution < 1.29 is 14.1 Å². The summed E-state index contributed by atoms with van der Waals surface area (Å²) in [5, 5.41) is 14.6. The Labute approximate surface area is 129 Å². The predicted octanol–water partition coefficient (Wildman–Crippen LogP) is 3.45. The van der Waals surface area contributed by atoms with Gasteiger partial charge in [0.05, 0.1) is 21.3 Å². The van der Waals surface area contributed by atoms with E-state index in [0.717, 1.165) is 5.56 Å². The number of benzene rings is 1. The molecule has 1 amide bonds. The summed E-state index contributed by atoms with van der Waals surface area (Å²) in [6.07, 6.45) is 4.15. The molecule has 0 aromatic heterocycles. The number of amides is 1. The first-order valence-corrected chi connectivity index (χ1v) is 7.96. The highest BCUT2D eigenvalue weighted by Gasteiger charge is 2.19. The molecule has 1 atom stereocenters. The van der Waals surface area contributed by atoms with Crippen LogP contribution in [0.25, 0.3) is 6.08 Å². The third kappa shape index (κ3) is 2.80. The molecule has 0 fully saturated rings. The molecule has 0 saturated carbocycles. The normalized spacial score (nSPS) is 20.2. The van der Waals surface area contributed by atoms with E-state index >= 15 is 0 Å². The number of carbonyl (C=O) groups excluding carboxylic acids is 1. The Kier molecular flexibility index (Phi) is 3.69. The van der Waals surface area contributed by atoms with Crippen LogP contribution in [0.2, 0.25) is 0 Å². The monoisotopic (exact) mass is 321 g/mol. The molecule has 1 unspecified atom stereocenters. The quantitative estimate of drug-likeness (QED) is 0.876. The van der Waals surface area contributed by atoms with Crippen molar-refractivity contribution in [2.75, 3.05) is 5.32 Å². The van der Waals surface area contributed by atoms with Crippen molar-refractivity contribution in [3.8, 4) is 0 Å². The number of anilines is 1. The highest BCUT2D eigenvalue weighted by Crippen LogP contribution is 2.28. The maximum absolute atomic E-state index is 12.2. The van der Waals surface area contributed by atoms with Gasteiger partial charge >= 0.3 is 0 Å². The van der Waals surface area contributed by atoms with Crippen molar-refractivity contribution in [3.63, 3.8) is 0 Å². The van der Waals surface area contributed by atoms with Crippen molar-refractivity contribution in [1.82, 2.24) is 0 Å². The molecule has 21 heavy (non-hydrogen) atoms. The first-order valence-electron chi connectivity index (χ1n) is 6.37. The second-order valence-electron chi connectivity index (χ2n) is 4.76. The third-order valence-corrected chi connectivity index (χ3v) is 4.78. The molecule has 0 spiro atoms. The maximum atomic E-state index is 12.2. The van der Waals surface area contributed by atoms with Gasteiger partial charge in [0.25, 0.3) is 5.91 Å². The van der Waals surface area contributed by atoms with Crippen molar-refractivity contribution >= 4 is 40.1 Å². The van der Waals surface area contributed by atoms with Crippen LogP contribution in [0.3, 0.4) is 0 Å². The Morgan fingerprint density at radius 3 is 2.95 bits per heavy atom. The van der Waals surface area contributed by atoms with Gasteiger partial charge in [0, 0.05) is 22.5 Å². The summed E-state index contributed by atoms with van der Waals surface area (Å²) in [5.41, 5.74) is 1.59. The number of aliphatic hydroxyl groups is 1. The summed E-state index contributed by atoms with van der Waals surface area (Å²) in [4.78, 5) is 12.9. The molecule has 4 nitrogen and oxygen atoms in total. The van der Waals surface area contributed by atoms with Gasteiger partial charge in [-0.2, -0.15) is 0 Å². The molecule has 0 radical (unpaired) electrons. The Bertz CT molecular complexity index is 749. The number of fused-ring (bicyclic) bond motifs is 1. The zero-order valence-corrected chi connectivity index (χ0v) is 12.5. The van der Waals surface area contributed by atoms with Crippen LogP contribution in [0.5, 0.6) is 0 Å². The molecule has 2 aliphatic rings. The van der Waals surface area contributed by atoms with Gasteiger partial charge in [-0.05, 0) is 36.3 Å². The van der Waals surface area contributed by atoms with Crippen LogP contribution in [-0.4, -0.2) is 15.2 Å². The topological polar surface area (TPSA) is 66.4 Å². The van der Waals surface area contributed by atoms with E-state index < -0.39 is 16.7 Å². The second-order valence-corrected chi connectivity index (χ2v) is 6.55. The number of rotatable bonds is 2. The minimum absolute atomic E-state index is 0.0308. The summed E-state index contributed by atoms with van der Waals surface area (Å²) >= 11 is 5.91. The average molecular weight is 322 g/mol. The predicted molar refractivity (Wildman–Crippen MR) is 83.3 cm³/mol. The van der Waals surface area contributed by atoms with Crippen LogP contribution in [-0.2, 0) is 15.6 Å². The van der Waals surface area contributed by atoms with Crippen LogP contribution < -0.4 is 5.32 Å². The molecular weight excluding hydrogens is 310 g/mol. The van der Waals surface area contributed by atoms with Gasteiger partial charge < -0.3 is 10.4 Å². The Hall–Kier alpha value is -1.85. The van der Waals surface area contributed by atoms with E-state index in [2.05, 4.69) is 5.32 Å². The molecular formula is C15H12ClNO3S. The van der Waals surface area contributed by atoms with Gasteiger partial charge in [-0.1, -0.05) is 17.7 Å². The lowest BCUT2D eigenvalue weighted by Crippen LogP contribution is -2.17. The summed E-state index contributed by atoms with van der Waals surface area (Å²) in [6.45, 7) is 0. The van der Waals surface area contributed by atoms with Gasteiger partial charge in [-0.15, -0.1) is 0 Å². The summed E-state index contributed by atoms with van der Waals surface area (Å²) in [6, 6.07) is 5.20. The van der Waals surface area contributed by atoms with Crippen LogP contribution in [0, 0.1) is 0 Å². The highest BCUT2D eigenvalue weighted by molar-refractivity contribution is 7.88. The number of allylic oxidation sites excluding steroid dienone is 2. The van der Waals surface area contributed by atoms with E-state index in [1.807, 2.05) is 0 Å². The van der Waals surface area contributed by atoms with E-state index in [9.17, 15) is 14.1 Å². The lowest BCUT2D eigenvalue weighted by atomic mass is 10.0. The van der Waals surface area contributed by atoms with Gasteiger partial charge in [0.2, 0.25) is 0 Å². The van der Waals surface area contributed by atoms with Crippen molar-refractivity contribution in [3.05, 3.63) is 51.6 Å². The molecule has 3 rings (SSSR count). The highest BCUT2D eigenvalue weighted by atomic mass is 35.5. The molecule has 1 aromatic rings. The van der Waals surface area contributed by atoms with Crippen LogP contribution >= 0.6 is 11.6 Å². The molecule has 1 heterocycles. The molecule has 0 bridgehead atoms. The number of nitrogens with one attached hydrogen (secondary N) is 1. The SMILES string of the molecule is O=C(Nc1ccc2c(c1)S(=O)C=C2)C1=C(O)CCC(Cl)=C1. The number of hydrogen-bond acceptors (Lipinski definition) is 3. The summed E-state index contributed by atoms with van der Waals surface area (Å²) in [7, 11) is -1.17. The van der Waals surface area contributed by atoms with Gasteiger partial charge in [0.15, 0.2) is 0 Å². The summed E-state index contributed by atoms with van der Waals surface area (Å²) < 4.78 is 11.7. The molecule has 1 aliphatic carbocycles. The number of hydrogen-bond donors (Lipinski definition) is 2. The Morgan fingerprint density at radius 2 is 2.14 bits per heavy atom. The fraction of sp³-hybridized carbons (Fsp3) is 0.133. The molecule has 2 N–H and O–H groups in total. The van der Waals surface area contributed by atoms with Crippen molar-refractivity contribution in [2.24, 2.45) is 0 Å². The standard InChI is InChI=1S/C15H12ClNO3S/c16-10-2-4-13(18)12(7-10)15(19)17-11-3-1-9-5-6-21(20)14(9)8-11/h1,3,5-8,18H,2,4H2,(H,17,19). The zero-order valence-electron chi connectivity index (χ0n) is 10.9. The smallest absolute Gasteiger partial charge is 0.259 e.